The quantitative estimate of drug-likeness (QED) is 0.472. The van der Waals surface area contributed by atoms with E-state index in [-0.39, 0.29) is 29.3 Å². The van der Waals surface area contributed by atoms with Crippen molar-refractivity contribution < 1.29 is 13.8 Å². The summed E-state index contributed by atoms with van der Waals surface area (Å²) in [4.78, 5) is 16.5. The minimum Gasteiger partial charge on any atom is -0.460 e. The van der Waals surface area contributed by atoms with Gasteiger partial charge < -0.3 is 4.42 Å². The number of nitrogens with zero attached hydrogens (tertiary/aromatic N) is 2. The minimum absolute atomic E-state index is 0. The third kappa shape index (κ3) is 3.90. The summed E-state index contributed by atoms with van der Waals surface area (Å²) < 4.78 is 7.92. The molecule has 0 aliphatic carbocycles. The second kappa shape index (κ2) is 7.47. The first kappa shape index (κ1) is 16.6. The molecule has 0 N–H and O–H groups in total. The highest BCUT2D eigenvalue weighted by Crippen LogP contribution is 2.15. The number of halogens is 2. The largest absolute Gasteiger partial charge is 0.460 e. The highest BCUT2D eigenvalue weighted by atomic mass is 79.9. The molecule has 0 atom stereocenters. The van der Waals surface area contributed by atoms with Crippen molar-refractivity contribution >= 4 is 38.7 Å². The van der Waals surface area contributed by atoms with Crippen molar-refractivity contribution in [2.24, 2.45) is 0 Å². The maximum atomic E-state index is 12.2. The normalized spacial score (nSPS) is 10.0. The molecule has 2 aromatic heterocycles. The third-order valence-corrected chi connectivity index (χ3v) is 3.51. The van der Waals surface area contributed by atoms with Gasteiger partial charge in [-0.2, -0.15) is 0 Å². The van der Waals surface area contributed by atoms with Gasteiger partial charge in [0.25, 0.3) is 6.33 Å². The lowest BCUT2D eigenvalue weighted by Gasteiger charge is -2.00. The molecule has 3 aromatic rings. The molecule has 0 bridgehead atoms. The summed E-state index contributed by atoms with van der Waals surface area (Å²) in [5, 5.41) is 0. The molecule has 22 heavy (non-hydrogen) atoms. The Morgan fingerprint density at radius 3 is 2.73 bits per heavy atom. The van der Waals surface area contributed by atoms with Crippen LogP contribution < -0.4 is 4.57 Å². The van der Waals surface area contributed by atoms with Gasteiger partial charge in [-0.1, -0.05) is 28.1 Å². The fourth-order valence-electron chi connectivity index (χ4n) is 1.97. The van der Waals surface area contributed by atoms with Crippen molar-refractivity contribution in [3.05, 3.63) is 71.3 Å². The van der Waals surface area contributed by atoms with Gasteiger partial charge in [0.1, 0.15) is 0 Å². The van der Waals surface area contributed by atoms with E-state index in [0.29, 0.717) is 11.3 Å². The molecule has 1 aromatic carbocycles. The van der Waals surface area contributed by atoms with Crippen LogP contribution in [-0.2, 0) is 6.54 Å². The topological polar surface area (TPSA) is 47.0 Å². The summed E-state index contributed by atoms with van der Waals surface area (Å²) in [7, 11) is 0. The number of hydrogen-bond acceptors (Lipinski definition) is 3. The van der Waals surface area contributed by atoms with Gasteiger partial charge in [-0.3, -0.25) is 4.79 Å². The molecule has 0 spiro atoms. The number of carbonyl (C=O) groups is 1. The average Bonchev–Trinajstić information content (AvgIpc) is 3.02. The molecule has 4 nitrogen and oxygen atoms in total. The molecule has 0 aliphatic rings. The van der Waals surface area contributed by atoms with Crippen LogP contribution in [0.1, 0.15) is 10.4 Å². The number of aromatic nitrogens is 2. The van der Waals surface area contributed by atoms with Crippen molar-refractivity contribution in [1.82, 2.24) is 4.98 Å². The Hall–Kier alpha value is -1.79. The lowest BCUT2D eigenvalue weighted by atomic mass is 10.1. The van der Waals surface area contributed by atoms with Crippen molar-refractivity contribution in [2.75, 3.05) is 0 Å². The summed E-state index contributed by atoms with van der Waals surface area (Å²) in [5.41, 5.74) is 1.41. The second-order valence-electron chi connectivity index (χ2n) is 4.53. The Morgan fingerprint density at radius 1 is 1.23 bits per heavy atom. The monoisotopic (exact) mass is 423 g/mol. The highest BCUT2D eigenvalue weighted by molar-refractivity contribution is 9.10. The summed E-state index contributed by atoms with van der Waals surface area (Å²) in [6, 6.07) is 12.8. The molecule has 0 unspecified atom stereocenters. The van der Waals surface area contributed by atoms with Crippen LogP contribution >= 0.6 is 32.9 Å². The number of hydrogen-bond donors (Lipinski definition) is 0. The predicted octanol–water partition coefficient (Wildman–Crippen LogP) is 3.85. The van der Waals surface area contributed by atoms with E-state index in [0.717, 1.165) is 10.2 Å². The fourth-order valence-corrected chi connectivity index (χ4v) is 2.37. The maximum Gasteiger partial charge on any atom is 0.287 e. The first-order valence-corrected chi connectivity index (χ1v) is 7.19. The first-order chi connectivity index (χ1) is 10.2. The van der Waals surface area contributed by atoms with E-state index >= 15 is 0 Å². The van der Waals surface area contributed by atoms with Gasteiger partial charge in [0.15, 0.2) is 12.3 Å². The zero-order valence-corrected chi connectivity index (χ0v) is 14.8. The predicted molar refractivity (Wildman–Crippen MR) is 90.9 cm³/mol. The Morgan fingerprint density at radius 2 is 2.09 bits per heavy atom. The molecule has 0 amide bonds. The van der Waals surface area contributed by atoms with Crippen LogP contribution in [0.15, 0.2) is 70.1 Å². The lowest BCUT2D eigenvalue weighted by molar-refractivity contribution is -0.686. The lowest BCUT2D eigenvalue weighted by Crippen LogP contribution is -2.37. The van der Waals surface area contributed by atoms with Crippen LogP contribution in [0.5, 0.6) is 0 Å². The van der Waals surface area contributed by atoms with Gasteiger partial charge in [0, 0.05) is 16.1 Å². The molecule has 3 rings (SSSR count). The van der Waals surface area contributed by atoms with Crippen LogP contribution in [0.2, 0.25) is 0 Å². The number of Topliss-reactive ketones (excluding diaryl/α,β-unsaturated/α-hetero) is 1. The summed E-state index contributed by atoms with van der Waals surface area (Å²) in [6.07, 6.45) is 5.06. The van der Waals surface area contributed by atoms with E-state index in [9.17, 15) is 4.79 Å². The molecule has 0 fully saturated rings. The summed E-state index contributed by atoms with van der Waals surface area (Å²) >= 11 is 3.37. The highest BCUT2D eigenvalue weighted by Gasteiger charge is 2.13. The fraction of sp³-hybridized carbons (Fsp3) is 0.0625. The van der Waals surface area contributed by atoms with E-state index in [1.54, 1.807) is 23.2 Å². The van der Waals surface area contributed by atoms with Gasteiger partial charge in [-0.15, -0.1) is 17.0 Å². The number of carbonyl (C=O) groups excluding carboxylic acids is 1. The van der Waals surface area contributed by atoms with Crippen molar-refractivity contribution in [3.63, 3.8) is 0 Å². The van der Waals surface area contributed by atoms with E-state index in [1.165, 1.54) is 0 Å². The van der Waals surface area contributed by atoms with Crippen LogP contribution in [0.25, 0.3) is 11.5 Å². The van der Waals surface area contributed by atoms with Gasteiger partial charge in [0.05, 0.1) is 12.5 Å². The molecule has 0 saturated heterocycles. The molecular weight excluding hydrogens is 412 g/mol. The third-order valence-electron chi connectivity index (χ3n) is 3.02. The van der Waals surface area contributed by atoms with Crippen LogP contribution in [0, 0.1) is 0 Å². The van der Waals surface area contributed by atoms with Gasteiger partial charge in [0.2, 0.25) is 11.5 Å². The van der Waals surface area contributed by atoms with Crippen molar-refractivity contribution in [2.45, 2.75) is 6.54 Å². The van der Waals surface area contributed by atoms with Gasteiger partial charge in [-0.25, -0.2) is 4.57 Å². The molecule has 0 saturated carbocycles. The van der Waals surface area contributed by atoms with Crippen LogP contribution in [0.3, 0.4) is 0 Å². The Labute approximate surface area is 146 Å². The van der Waals surface area contributed by atoms with E-state index in [1.807, 2.05) is 42.6 Å². The Balaban J connectivity index is 0.00000176. The SMILES string of the molecule is Br.O=C(C[n+]1ccc(-c2ccco2)nc1)c1cccc(Br)c1. The number of benzene rings is 1. The van der Waals surface area contributed by atoms with E-state index in [4.69, 9.17) is 4.42 Å². The number of rotatable bonds is 4. The average molecular weight is 425 g/mol. The molecule has 0 radical (unpaired) electrons. The van der Waals surface area contributed by atoms with Gasteiger partial charge >= 0.3 is 0 Å². The van der Waals surface area contributed by atoms with Crippen LogP contribution in [-0.4, -0.2) is 10.8 Å². The standard InChI is InChI=1S/C16H12BrN2O2.BrH/c17-13-4-1-3-12(9-13)15(20)10-19-7-6-14(18-11-19)16-5-2-8-21-16;/h1-9,11H,10H2;1H/q+1;. The summed E-state index contributed by atoms with van der Waals surface area (Å²) in [5.74, 6) is 0.745. The molecular formula is C16H13Br2N2O2+. The van der Waals surface area contributed by atoms with Crippen LogP contribution in [0.4, 0.5) is 0 Å². The minimum atomic E-state index is 0. The molecule has 112 valence electrons. The second-order valence-corrected chi connectivity index (χ2v) is 5.44. The summed E-state index contributed by atoms with van der Waals surface area (Å²) in [6.45, 7) is 0.252. The zero-order valence-electron chi connectivity index (χ0n) is 11.5. The Bertz CT molecular complexity index is 756. The number of ketones is 1. The first-order valence-electron chi connectivity index (χ1n) is 6.40. The maximum absolute atomic E-state index is 12.2. The smallest absolute Gasteiger partial charge is 0.287 e. The number of furan rings is 1. The van der Waals surface area contributed by atoms with Crippen molar-refractivity contribution in [1.29, 1.82) is 0 Å². The van der Waals surface area contributed by atoms with E-state index < -0.39 is 0 Å². The van der Waals surface area contributed by atoms with Crippen molar-refractivity contribution in [3.8, 4) is 11.5 Å². The zero-order chi connectivity index (χ0) is 14.7. The molecule has 6 heteroatoms. The Kier molecular flexibility index (Phi) is 5.63. The molecule has 2 heterocycles. The van der Waals surface area contributed by atoms with Gasteiger partial charge in [-0.05, 0) is 29.2 Å². The van der Waals surface area contributed by atoms with E-state index in [2.05, 4.69) is 20.9 Å². The molecule has 0 aliphatic heterocycles.